The first-order chi connectivity index (χ1) is 11.5. The Morgan fingerprint density at radius 3 is 2.71 bits per heavy atom. The highest BCUT2D eigenvalue weighted by molar-refractivity contribution is 6.31. The maximum Gasteiger partial charge on any atom is 0.340 e. The lowest BCUT2D eigenvalue weighted by Gasteiger charge is -2.08. The normalized spacial score (nSPS) is 10.0. The largest absolute Gasteiger partial charge is 0.467 e. The smallest absolute Gasteiger partial charge is 0.340 e. The van der Waals surface area contributed by atoms with Gasteiger partial charge in [0.15, 0.2) is 6.61 Å². The van der Waals surface area contributed by atoms with Gasteiger partial charge in [-0.1, -0.05) is 11.6 Å². The highest BCUT2D eigenvalue weighted by atomic mass is 35.5. The highest BCUT2D eigenvalue weighted by Gasteiger charge is 2.15. The zero-order valence-electron chi connectivity index (χ0n) is 12.4. The van der Waals surface area contributed by atoms with Gasteiger partial charge in [-0.05, 0) is 30.3 Å². The molecule has 1 aromatic heterocycles. The molecule has 9 heteroatoms. The number of imide groups is 1. The molecule has 0 saturated heterocycles. The molecule has 126 valence electrons. The fourth-order valence-electron chi connectivity index (χ4n) is 1.72. The fraction of sp³-hybridized carbons (Fsp3) is 0.133. The van der Waals surface area contributed by atoms with Gasteiger partial charge in [-0.3, -0.25) is 10.1 Å². The summed E-state index contributed by atoms with van der Waals surface area (Å²) in [7, 11) is 0. The summed E-state index contributed by atoms with van der Waals surface area (Å²) in [5.74, 6) is -1.05. The van der Waals surface area contributed by atoms with E-state index in [2.05, 4.69) is 5.32 Å². The summed E-state index contributed by atoms with van der Waals surface area (Å²) in [5, 5.41) is 4.79. The molecule has 24 heavy (non-hydrogen) atoms. The average molecular weight is 352 g/mol. The lowest BCUT2D eigenvalue weighted by Crippen LogP contribution is -2.41. The Hall–Kier alpha value is -3.00. The SMILES string of the molecule is Nc1cc(Cl)ccc1C(=O)OCC(=O)NC(=O)NCc1ccco1. The lowest BCUT2D eigenvalue weighted by molar-refractivity contribution is -0.123. The Kier molecular flexibility index (Phi) is 5.80. The fourth-order valence-corrected chi connectivity index (χ4v) is 1.90. The number of carbonyl (C=O) groups excluding carboxylic acids is 3. The van der Waals surface area contributed by atoms with Crippen LogP contribution in [0.1, 0.15) is 16.1 Å². The third-order valence-corrected chi connectivity index (χ3v) is 3.06. The van der Waals surface area contributed by atoms with Gasteiger partial charge >= 0.3 is 12.0 Å². The molecule has 0 unspecified atom stereocenters. The van der Waals surface area contributed by atoms with E-state index in [0.717, 1.165) is 0 Å². The van der Waals surface area contributed by atoms with E-state index in [-0.39, 0.29) is 17.8 Å². The second kappa shape index (κ2) is 8.02. The molecule has 0 fully saturated rings. The number of nitrogen functional groups attached to an aromatic ring is 1. The Balaban J connectivity index is 1.75. The van der Waals surface area contributed by atoms with E-state index >= 15 is 0 Å². The minimum absolute atomic E-state index is 0.0782. The molecule has 1 heterocycles. The molecule has 3 amide bonds. The standard InChI is InChI=1S/C15H14ClN3O5/c16-9-3-4-11(12(17)6-9)14(21)24-8-13(20)19-15(22)18-7-10-2-1-5-23-10/h1-6H,7-8,17H2,(H2,18,19,20,22). The van der Waals surface area contributed by atoms with Crippen LogP contribution in [0.15, 0.2) is 41.0 Å². The average Bonchev–Trinajstić information content (AvgIpc) is 3.04. The van der Waals surface area contributed by atoms with Gasteiger partial charge in [0, 0.05) is 10.7 Å². The number of nitrogens with two attached hydrogens (primary N) is 1. The Bertz CT molecular complexity index is 746. The molecule has 0 aliphatic heterocycles. The summed E-state index contributed by atoms with van der Waals surface area (Å²) in [5.41, 5.74) is 5.84. The number of furan rings is 1. The van der Waals surface area contributed by atoms with Crippen molar-refractivity contribution < 1.29 is 23.5 Å². The van der Waals surface area contributed by atoms with Crippen LogP contribution in [0, 0.1) is 0 Å². The predicted molar refractivity (Wildman–Crippen MR) is 85.2 cm³/mol. The number of rotatable bonds is 5. The summed E-state index contributed by atoms with van der Waals surface area (Å²) in [6.45, 7) is -0.512. The number of ether oxygens (including phenoxy) is 1. The van der Waals surface area contributed by atoms with Crippen LogP contribution < -0.4 is 16.4 Å². The van der Waals surface area contributed by atoms with Crippen LogP contribution in [0.4, 0.5) is 10.5 Å². The van der Waals surface area contributed by atoms with Crippen molar-refractivity contribution >= 4 is 35.2 Å². The second-order valence-electron chi connectivity index (χ2n) is 4.62. The first kappa shape index (κ1) is 17.4. The van der Waals surface area contributed by atoms with E-state index in [1.54, 1.807) is 12.1 Å². The minimum atomic E-state index is -0.796. The summed E-state index contributed by atoms with van der Waals surface area (Å²) in [6, 6.07) is 6.84. The van der Waals surface area contributed by atoms with Gasteiger partial charge in [-0.25, -0.2) is 9.59 Å². The molecule has 0 radical (unpaired) electrons. The second-order valence-corrected chi connectivity index (χ2v) is 5.05. The maximum atomic E-state index is 11.8. The quantitative estimate of drug-likeness (QED) is 0.556. The Labute approximate surface area is 141 Å². The van der Waals surface area contributed by atoms with E-state index in [1.807, 2.05) is 5.32 Å². The molecule has 1 aromatic carbocycles. The van der Waals surface area contributed by atoms with Crippen molar-refractivity contribution in [3.8, 4) is 0 Å². The number of benzene rings is 1. The predicted octanol–water partition coefficient (Wildman–Crippen LogP) is 1.70. The van der Waals surface area contributed by atoms with Gasteiger partial charge in [0.25, 0.3) is 5.91 Å². The van der Waals surface area contributed by atoms with Crippen molar-refractivity contribution in [3.05, 3.63) is 52.9 Å². The molecule has 0 atom stereocenters. The number of nitrogens with one attached hydrogen (secondary N) is 2. The number of amides is 3. The maximum absolute atomic E-state index is 11.8. The summed E-state index contributed by atoms with van der Waals surface area (Å²) >= 11 is 5.73. The van der Waals surface area contributed by atoms with Gasteiger partial charge in [-0.15, -0.1) is 0 Å². The monoisotopic (exact) mass is 351 g/mol. The topological polar surface area (TPSA) is 124 Å². The molecule has 0 saturated carbocycles. The number of hydrogen-bond donors (Lipinski definition) is 3. The third-order valence-electron chi connectivity index (χ3n) is 2.82. The van der Waals surface area contributed by atoms with Crippen molar-refractivity contribution in [2.24, 2.45) is 0 Å². The molecule has 4 N–H and O–H groups in total. The van der Waals surface area contributed by atoms with Crippen LogP contribution in [0.3, 0.4) is 0 Å². The summed E-state index contributed by atoms with van der Waals surface area (Å²) in [6.07, 6.45) is 1.46. The zero-order chi connectivity index (χ0) is 17.5. The molecule has 2 rings (SSSR count). The first-order valence-corrected chi connectivity index (χ1v) is 7.15. The number of halogens is 1. The van der Waals surface area contributed by atoms with E-state index in [9.17, 15) is 14.4 Å². The molecule has 0 bridgehead atoms. The number of carbonyl (C=O) groups is 3. The van der Waals surface area contributed by atoms with Crippen LogP contribution in [0.5, 0.6) is 0 Å². The van der Waals surface area contributed by atoms with Gasteiger partial charge in [0.1, 0.15) is 5.76 Å². The number of anilines is 1. The molecule has 2 aromatic rings. The Morgan fingerprint density at radius 1 is 1.25 bits per heavy atom. The molecular formula is C15H14ClN3O5. The number of hydrogen-bond acceptors (Lipinski definition) is 6. The summed E-state index contributed by atoms with van der Waals surface area (Å²) in [4.78, 5) is 34.9. The molecule has 0 aliphatic carbocycles. The Morgan fingerprint density at radius 2 is 2.04 bits per heavy atom. The van der Waals surface area contributed by atoms with Gasteiger partial charge in [0.2, 0.25) is 0 Å². The van der Waals surface area contributed by atoms with Crippen molar-refractivity contribution in [2.75, 3.05) is 12.3 Å². The number of esters is 1. The van der Waals surface area contributed by atoms with Gasteiger partial charge in [-0.2, -0.15) is 0 Å². The zero-order valence-corrected chi connectivity index (χ0v) is 13.1. The van der Waals surface area contributed by atoms with Crippen LogP contribution in [0.25, 0.3) is 0 Å². The van der Waals surface area contributed by atoms with Crippen LogP contribution in [0.2, 0.25) is 5.02 Å². The van der Waals surface area contributed by atoms with Gasteiger partial charge < -0.3 is 20.2 Å². The minimum Gasteiger partial charge on any atom is -0.467 e. The van der Waals surface area contributed by atoms with E-state index < -0.39 is 24.5 Å². The van der Waals surface area contributed by atoms with Crippen molar-refractivity contribution in [3.63, 3.8) is 0 Å². The number of urea groups is 1. The van der Waals surface area contributed by atoms with E-state index in [1.165, 1.54) is 24.5 Å². The van der Waals surface area contributed by atoms with Crippen LogP contribution >= 0.6 is 11.6 Å². The van der Waals surface area contributed by atoms with Crippen LogP contribution in [-0.2, 0) is 16.1 Å². The first-order valence-electron chi connectivity index (χ1n) is 6.78. The van der Waals surface area contributed by atoms with Crippen molar-refractivity contribution in [2.45, 2.75) is 6.54 Å². The highest BCUT2D eigenvalue weighted by Crippen LogP contribution is 2.18. The third kappa shape index (κ3) is 5.03. The van der Waals surface area contributed by atoms with E-state index in [4.69, 9.17) is 26.5 Å². The van der Waals surface area contributed by atoms with E-state index in [0.29, 0.717) is 10.8 Å². The van der Waals surface area contributed by atoms with Crippen molar-refractivity contribution in [1.29, 1.82) is 0 Å². The van der Waals surface area contributed by atoms with Gasteiger partial charge in [0.05, 0.1) is 18.4 Å². The molecular weight excluding hydrogens is 338 g/mol. The lowest BCUT2D eigenvalue weighted by atomic mass is 10.2. The van der Waals surface area contributed by atoms with Crippen LogP contribution in [-0.4, -0.2) is 24.5 Å². The summed E-state index contributed by atoms with van der Waals surface area (Å²) < 4.78 is 9.81. The molecule has 8 nitrogen and oxygen atoms in total. The molecule has 0 aliphatic rings. The van der Waals surface area contributed by atoms with Crippen molar-refractivity contribution in [1.82, 2.24) is 10.6 Å². The molecule has 0 spiro atoms.